The molecule has 0 aromatic heterocycles. The highest BCUT2D eigenvalue weighted by molar-refractivity contribution is 5.55. The van der Waals surface area contributed by atoms with Crippen LogP contribution < -0.4 is 4.90 Å². The molecule has 2 heteroatoms. The second-order valence-electron chi connectivity index (χ2n) is 5.46. The molecule has 0 saturated carbocycles. The number of benzene rings is 1. The molecule has 0 spiro atoms. The first-order chi connectivity index (χ1) is 11.4. The maximum Gasteiger partial charge on any atom is 0.125 e. The van der Waals surface area contributed by atoms with Gasteiger partial charge in [0.05, 0.1) is 0 Å². The number of hydrogen-bond donors (Lipinski definition) is 0. The fourth-order valence-electron chi connectivity index (χ4n) is 2.01. The van der Waals surface area contributed by atoms with E-state index in [0.717, 1.165) is 22.5 Å². The normalized spacial score (nSPS) is 11.9. The molecule has 0 saturated heterocycles. The second-order valence-corrected chi connectivity index (χ2v) is 5.46. The van der Waals surface area contributed by atoms with Gasteiger partial charge < -0.3 is 4.90 Å². The zero-order valence-electron chi connectivity index (χ0n) is 14.9. The Bertz CT molecular complexity index is 747. The molecule has 0 amide bonds. The first kappa shape index (κ1) is 19.3. The van der Waals surface area contributed by atoms with Gasteiger partial charge in [-0.1, -0.05) is 43.2 Å². The lowest BCUT2D eigenvalue weighted by Crippen LogP contribution is -2.14. The van der Waals surface area contributed by atoms with Gasteiger partial charge in [0.1, 0.15) is 5.82 Å². The van der Waals surface area contributed by atoms with Crippen molar-refractivity contribution < 1.29 is 4.39 Å². The molecule has 0 unspecified atom stereocenters. The van der Waals surface area contributed by atoms with Crippen LogP contribution in [0.25, 0.3) is 0 Å². The van der Waals surface area contributed by atoms with Gasteiger partial charge in [0.25, 0.3) is 0 Å². The van der Waals surface area contributed by atoms with Crippen LogP contribution in [0.2, 0.25) is 0 Å². The summed E-state index contributed by atoms with van der Waals surface area (Å²) >= 11 is 0. The summed E-state index contributed by atoms with van der Waals surface area (Å²) in [4.78, 5) is 1.91. The van der Waals surface area contributed by atoms with E-state index < -0.39 is 0 Å². The van der Waals surface area contributed by atoms with E-state index in [9.17, 15) is 4.39 Å². The SMILES string of the molecule is C=C/C(C#CC(=C)/C=C(/C)N(C)c1cc(C)cc(F)c1)=C\C=C/C. The molecule has 24 heavy (non-hydrogen) atoms. The molecule has 1 rings (SSSR count). The van der Waals surface area contributed by atoms with Gasteiger partial charge in [-0.2, -0.15) is 0 Å². The molecule has 1 aromatic rings. The van der Waals surface area contributed by atoms with Crippen LogP contribution in [0.1, 0.15) is 19.4 Å². The van der Waals surface area contributed by atoms with Crippen molar-refractivity contribution in [2.75, 3.05) is 11.9 Å². The molecule has 0 fully saturated rings. The lowest BCUT2D eigenvalue weighted by molar-refractivity contribution is 0.626. The Morgan fingerprint density at radius 3 is 2.54 bits per heavy atom. The Labute approximate surface area is 145 Å². The van der Waals surface area contributed by atoms with Crippen molar-refractivity contribution in [2.24, 2.45) is 0 Å². The predicted octanol–water partition coefficient (Wildman–Crippen LogP) is 5.72. The minimum absolute atomic E-state index is 0.243. The number of anilines is 1. The molecule has 1 aromatic carbocycles. The van der Waals surface area contributed by atoms with Gasteiger partial charge in [0, 0.05) is 29.6 Å². The van der Waals surface area contributed by atoms with Gasteiger partial charge in [-0.15, -0.1) is 0 Å². The van der Waals surface area contributed by atoms with Crippen LogP contribution in [0.3, 0.4) is 0 Å². The third-order valence-corrected chi connectivity index (χ3v) is 3.38. The Balaban J connectivity index is 2.96. The molecule has 0 radical (unpaired) electrons. The Morgan fingerprint density at radius 1 is 1.25 bits per heavy atom. The molecule has 1 nitrogen and oxygen atoms in total. The minimum atomic E-state index is -0.243. The largest absolute Gasteiger partial charge is 0.348 e. The van der Waals surface area contributed by atoms with Crippen molar-refractivity contribution >= 4 is 5.69 Å². The average Bonchev–Trinajstić information content (AvgIpc) is 2.53. The third kappa shape index (κ3) is 6.14. The number of rotatable bonds is 5. The Kier molecular flexibility index (Phi) is 7.52. The molecular weight excluding hydrogens is 297 g/mol. The third-order valence-electron chi connectivity index (χ3n) is 3.38. The monoisotopic (exact) mass is 321 g/mol. The summed E-state index contributed by atoms with van der Waals surface area (Å²) in [5.74, 6) is 5.79. The summed E-state index contributed by atoms with van der Waals surface area (Å²) < 4.78 is 13.6. The summed E-state index contributed by atoms with van der Waals surface area (Å²) in [5.41, 5.74) is 4.11. The van der Waals surface area contributed by atoms with Crippen molar-refractivity contribution in [1.82, 2.24) is 0 Å². The summed E-state index contributed by atoms with van der Waals surface area (Å²) in [5, 5.41) is 0. The zero-order valence-corrected chi connectivity index (χ0v) is 14.9. The van der Waals surface area contributed by atoms with Gasteiger partial charge in [-0.25, -0.2) is 4.39 Å². The average molecular weight is 321 g/mol. The van der Waals surface area contributed by atoms with E-state index in [2.05, 4.69) is 25.0 Å². The standard InChI is InChI=1S/C22H24FN/c1-7-9-10-20(8-2)12-11-17(3)13-19(5)24(6)22-15-18(4)14-21(23)16-22/h7-10,13-16H,2-3H2,1,4-6H3/b9-7-,19-13-,20-10+. The maximum atomic E-state index is 13.6. The summed E-state index contributed by atoms with van der Waals surface area (Å²) in [6.07, 6.45) is 9.32. The highest BCUT2D eigenvalue weighted by Crippen LogP contribution is 2.21. The highest BCUT2D eigenvalue weighted by Gasteiger charge is 2.05. The summed E-state index contributed by atoms with van der Waals surface area (Å²) in [6.45, 7) is 13.5. The number of halogens is 1. The van der Waals surface area contributed by atoms with Gasteiger partial charge in [-0.05, 0) is 56.7 Å². The van der Waals surface area contributed by atoms with E-state index in [1.165, 1.54) is 12.1 Å². The molecule has 124 valence electrons. The maximum absolute atomic E-state index is 13.6. The molecule has 0 atom stereocenters. The number of hydrogen-bond acceptors (Lipinski definition) is 1. The minimum Gasteiger partial charge on any atom is -0.348 e. The first-order valence-electron chi connectivity index (χ1n) is 7.73. The smallest absolute Gasteiger partial charge is 0.125 e. The van der Waals surface area contributed by atoms with Crippen LogP contribution in [-0.4, -0.2) is 7.05 Å². The Morgan fingerprint density at radius 2 is 1.96 bits per heavy atom. The quantitative estimate of drug-likeness (QED) is 0.495. The predicted molar refractivity (Wildman–Crippen MR) is 103 cm³/mol. The van der Waals surface area contributed by atoms with Gasteiger partial charge in [-0.3, -0.25) is 0 Å². The van der Waals surface area contributed by atoms with Crippen molar-refractivity contribution in [3.8, 4) is 11.8 Å². The van der Waals surface area contributed by atoms with Crippen LogP contribution in [0, 0.1) is 24.6 Å². The van der Waals surface area contributed by atoms with E-state index in [4.69, 9.17) is 0 Å². The van der Waals surface area contributed by atoms with E-state index >= 15 is 0 Å². The zero-order chi connectivity index (χ0) is 18.1. The second kappa shape index (κ2) is 9.37. The van der Waals surface area contributed by atoms with E-state index in [-0.39, 0.29) is 5.82 Å². The number of allylic oxidation sites excluding steroid dienone is 8. The van der Waals surface area contributed by atoms with Crippen molar-refractivity contribution in [2.45, 2.75) is 20.8 Å². The molecule has 0 aliphatic carbocycles. The molecule has 0 heterocycles. The van der Waals surface area contributed by atoms with Crippen molar-refractivity contribution in [3.05, 3.63) is 90.0 Å². The Hall–Kier alpha value is -2.79. The van der Waals surface area contributed by atoms with Crippen LogP contribution in [0.4, 0.5) is 10.1 Å². The fraction of sp³-hybridized carbons (Fsp3) is 0.182. The lowest BCUT2D eigenvalue weighted by Gasteiger charge is -2.20. The van der Waals surface area contributed by atoms with Crippen LogP contribution in [-0.2, 0) is 0 Å². The molecule has 0 N–H and O–H groups in total. The van der Waals surface area contributed by atoms with Gasteiger partial charge in [0.2, 0.25) is 0 Å². The lowest BCUT2D eigenvalue weighted by atomic mass is 10.1. The van der Waals surface area contributed by atoms with Crippen molar-refractivity contribution in [3.63, 3.8) is 0 Å². The fourth-order valence-corrected chi connectivity index (χ4v) is 2.01. The van der Waals surface area contributed by atoms with Crippen LogP contribution in [0.15, 0.2) is 78.6 Å². The molecule has 0 aliphatic heterocycles. The van der Waals surface area contributed by atoms with Crippen molar-refractivity contribution in [1.29, 1.82) is 0 Å². The summed E-state index contributed by atoms with van der Waals surface area (Å²) in [7, 11) is 1.89. The topological polar surface area (TPSA) is 3.24 Å². The van der Waals surface area contributed by atoms with Crippen LogP contribution in [0.5, 0.6) is 0 Å². The van der Waals surface area contributed by atoms with Crippen LogP contribution >= 0.6 is 0 Å². The number of nitrogens with zero attached hydrogens (tertiary/aromatic N) is 1. The van der Waals surface area contributed by atoms with E-state index in [1.54, 1.807) is 6.08 Å². The van der Waals surface area contributed by atoms with E-state index in [0.29, 0.717) is 5.57 Å². The van der Waals surface area contributed by atoms with E-state index in [1.807, 2.05) is 63.1 Å². The molecular formula is C22H24FN. The number of aryl methyl sites for hydroxylation is 1. The highest BCUT2D eigenvalue weighted by atomic mass is 19.1. The molecule has 0 aliphatic rings. The first-order valence-corrected chi connectivity index (χ1v) is 7.73. The van der Waals surface area contributed by atoms with Gasteiger partial charge >= 0.3 is 0 Å². The molecule has 0 bridgehead atoms. The van der Waals surface area contributed by atoms with Gasteiger partial charge in [0.15, 0.2) is 0 Å². The summed E-state index contributed by atoms with van der Waals surface area (Å²) in [6, 6.07) is 4.95.